The maximum absolute atomic E-state index is 13.9. The maximum Gasteiger partial charge on any atom is 0.335 e. The maximum atomic E-state index is 13.9. The summed E-state index contributed by atoms with van der Waals surface area (Å²) < 4.78 is 0. The zero-order valence-electron chi connectivity index (χ0n) is 40.4. The van der Waals surface area contributed by atoms with Crippen LogP contribution in [0.15, 0.2) is 48.5 Å². The molecule has 7 amide bonds. The topological polar surface area (TPSA) is 450 Å². The van der Waals surface area contributed by atoms with Crippen LogP contribution in [-0.2, 0) is 49.6 Å². The molecular weight excluding hydrogens is 953 g/mol. The Kier molecular flexibility index (Phi) is 25.8. The zero-order chi connectivity index (χ0) is 55.2. The fourth-order valence-electron chi connectivity index (χ4n) is 6.23. The minimum atomic E-state index is -2.10. The number of aliphatic carboxylic acids is 3. The molecule has 0 spiro atoms. The Hall–Kier alpha value is -8.00. The van der Waals surface area contributed by atoms with Crippen molar-refractivity contribution < 1.29 is 88.2 Å². The van der Waals surface area contributed by atoms with E-state index in [1.165, 1.54) is 13.8 Å². The van der Waals surface area contributed by atoms with Crippen LogP contribution in [-0.4, -0.2) is 151 Å². The van der Waals surface area contributed by atoms with Gasteiger partial charge in [-0.3, -0.25) is 47.9 Å². The Bertz CT molecular complexity index is 2260. The molecule has 0 unspecified atom stereocenters. The molecule has 0 saturated carbocycles. The van der Waals surface area contributed by atoms with Gasteiger partial charge in [0.05, 0.1) is 29.5 Å². The Balaban J connectivity index is 0.00000232. The molecule has 2 aromatic carbocycles. The summed E-state index contributed by atoms with van der Waals surface area (Å²) in [6, 6.07) is 2.51. The number of nitrogens with one attached hydrogen (secondary N) is 6. The molecule has 0 heterocycles. The van der Waals surface area contributed by atoms with Crippen LogP contribution < -0.4 is 43.4 Å². The molecule has 0 aliphatic rings. The first kappa shape index (κ1) is 62.0. The van der Waals surface area contributed by atoms with Crippen molar-refractivity contribution in [3.63, 3.8) is 0 Å². The number of carbonyl (C=O) groups excluding carboxylic acids is 7. The third kappa shape index (κ3) is 22.2. The lowest BCUT2D eigenvalue weighted by Gasteiger charge is -2.30. The molecule has 0 saturated heterocycles. The molecule has 26 nitrogen and oxygen atoms in total. The van der Waals surface area contributed by atoms with Gasteiger partial charge in [0.25, 0.3) is 11.8 Å². The highest BCUT2D eigenvalue weighted by atomic mass is 16.4. The molecule has 396 valence electrons. The van der Waals surface area contributed by atoms with Crippen molar-refractivity contribution in [1.29, 1.82) is 0 Å². The number of benzene rings is 2. The summed E-state index contributed by atoms with van der Waals surface area (Å²) in [5, 5.41) is 70.0. The average Bonchev–Trinajstić information content (AvgIpc) is 3.30. The quantitative estimate of drug-likeness (QED) is 0.0457. The highest BCUT2D eigenvalue weighted by Gasteiger charge is 2.36. The predicted molar refractivity (Wildman–Crippen MR) is 252 cm³/mol. The molecule has 2 rings (SSSR count). The number of aromatic carboxylic acids is 2. The number of carbonyl (C=O) groups is 12. The van der Waals surface area contributed by atoms with E-state index in [0.29, 0.717) is 5.56 Å². The van der Waals surface area contributed by atoms with Crippen LogP contribution in [0, 0.1) is 17.8 Å². The second-order valence-electron chi connectivity index (χ2n) is 17.4. The molecule has 0 aromatic heterocycles. The lowest BCUT2D eigenvalue weighted by molar-refractivity contribution is -0.143. The van der Waals surface area contributed by atoms with E-state index in [1.807, 2.05) is 0 Å². The molecule has 0 aliphatic carbocycles. The Morgan fingerprint density at radius 3 is 1.61 bits per heavy atom. The van der Waals surface area contributed by atoms with Crippen molar-refractivity contribution in [2.24, 2.45) is 29.2 Å². The van der Waals surface area contributed by atoms with Gasteiger partial charge in [0.1, 0.15) is 30.2 Å². The van der Waals surface area contributed by atoms with Crippen LogP contribution in [0.4, 0.5) is 0 Å². The largest absolute Gasteiger partial charge is 0.481 e. The van der Waals surface area contributed by atoms with Gasteiger partial charge >= 0.3 is 29.8 Å². The number of carboxylic acids is 5. The summed E-state index contributed by atoms with van der Waals surface area (Å²) in [5.74, 6) is -14.6. The highest BCUT2D eigenvalue weighted by Crippen LogP contribution is 2.14. The number of hydrogen-bond donors (Lipinski definition) is 14. The number of nitrogens with two attached hydrogens (primary N) is 2. The molecule has 0 radical (unpaired) electrons. The normalized spacial score (nSPS) is 14.1. The summed E-state index contributed by atoms with van der Waals surface area (Å²) in [4.78, 5) is 146. The smallest absolute Gasteiger partial charge is 0.335 e. The Labute approximate surface area is 413 Å². The molecule has 0 aliphatic heterocycles. The molecule has 16 N–H and O–H groups in total. The summed E-state index contributed by atoms with van der Waals surface area (Å²) in [7, 11) is 0. The van der Waals surface area contributed by atoms with E-state index in [-0.39, 0.29) is 37.2 Å². The van der Waals surface area contributed by atoms with E-state index >= 15 is 0 Å². The van der Waals surface area contributed by atoms with Gasteiger partial charge in [-0.1, -0.05) is 65.0 Å². The second-order valence-corrected chi connectivity index (χ2v) is 17.4. The van der Waals surface area contributed by atoms with Crippen LogP contribution in [0.1, 0.15) is 104 Å². The number of hydrogen-bond acceptors (Lipinski definition) is 14. The monoisotopic (exact) mass is 1020 g/mol. The molecule has 0 bridgehead atoms. The second kappa shape index (κ2) is 29.9. The zero-order valence-corrected chi connectivity index (χ0v) is 40.4. The molecule has 26 heteroatoms. The number of aliphatic hydroxyl groups excluding tert-OH is 1. The van der Waals surface area contributed by atoms with Gasteiger partial charge in [0, 0.05) is 18.5 Å². The van der Waals surface area contributed by atoms with Gasteiger partial charge < -0.3 is 74.0 Å². The van der Waals surface area contributed by atoms with Crippen molar-refractivity contribution in [2.75, 3.05) is 6.54 Å². The fourth-order valence-corrected chi connectivity index (χ4v) is 6.23. The van der Waals surface area contributed by atoms with Crippen molar-refractivity contribution in [2.45, 2.75) is 116 Å². The number of amides is 7. The number of aliphatic hydroxyl groups is 1. The van der Waals surface area contributed by atoms with Crippen molar-refractivity contribution in [3.05, 3.63) is 70.8 Å². The lowest BCUT2D eigenvalue weighted by Crippen LogP contribution is -2.61. The molecule has 2 aromatic rings. The lowest BCUT2D eigenvalue weighted by atomic mass is 9.97. The highest BCUT2D eigenvalue weighted by molar-refractivity contribution is 6.02. The van der Waals surface area contributed by atoms with E-state index in [0.717, 1.165) is 18.2 Å². The van der Waals surface area contributed by atoms with Gasteiger partial charge in [-0.25, -0.2) is 9.59 Å². The number of carboxylic acid groups (broad SMARTS) is 5. The predicted octanol–water partition coefficient (Wildman–Crippen LogP) is -1.58. The van der Waals surface area contributed by atoms with Crippen LogP contribution in [0.25, 0.3) is 0 Å². The van der Waals surface area contributed by atoms with E-state index in [2.05, 4.69) is 31.9 Å². The van der Waals surface area contributed by atoms with E-state index in [4.69, 9.17) is 21.7 Å². The Morgan fingerprint density at radius 1 is 0.611 bits per heavy atom. The summed E-state index contributed by atoms with van der Waals surface area (Å²) >= 11 is 0. The van der Waals surface area contributed by atoms with Crippen LogP contribution >= 0.6 is 0 Å². The first-order chi connectivity index (χ1) is 33.4. The summed E-state index contributed by atoms with van der Waals surface area (Å²) in [6.45, 7) is 8.87. The third-order valence-electron chi connectivity index (χ3n) is 10.4. The van der Waals surface area contributed by atoms with E-state index < -0.39 is 149 Å². The van der Waals surface area contributed by atoms with Gasteiger partial charge in [-0.2, -0.15) is 0 Å². The SMILES string of the molecule is CC(C)C[C@H](NC(=O)[C@@H](NC(=O)[C@@H](N)CNC(=O)c1cc(C(=O)O)cc(C(=O)O)c1)C(C)C)C(=O)N[C@@H](Cc1ccccc1)[C@@H](O)C(=O)N[C@@H](CC(=O)O)C(=O)N[C@@H](C)C(N)=O.C[C@@H](CCC(=O)O)C(=O)O. The summed E-state index contributed by atoms with van der Waals surface area (Å²) in [5.41, 5.74) is 10.4. The average molecular weight is 1020 g/mol. The molecule has 8 atom stereocenters. The first-order valence-electron chi connectivity index (χ1n) is 22.3. The molecule has 72 heavy (non-hydrogen) atoms. The molecular formula is C46H64N8O18. The number of primary amides is 1. The van der Waals surface area contributed by atoms with E-state index in [1.54, 1.807) is 58.0 Å². The standard InChI is InChI=1S/C40H54N8O14.C6H10O4/c1-18(2)11-27(46-37(57)30(19(3)4)48-34(54)25(41)17-43-33(53)22-13-23(39(59)60)15-24(14-22)40(61)62)36(56)45-26(12-21-9-7-6-8-10-21)31(51)38(58)47-28(16-29(49)50)35(55)44-20(5)32(42)52;1-4(6(9)10)2-3-5(7)8/h6-10,13-15,18-20,25-28,30-31,51H,11-12,16-17,41H2,1-5H3,(H2,42,52)(H,43,53)(H,44,55)(H,45,56)(H,46,57)(H,47,58)(H,48,54)(H,49,50)(H,59,60)(H,61,62);4H,2-3H2,1H3,(H,7,8)(H,9,10)/t20-,25-,26-,27-,28-,30-,31+;4-/m00/s1. The minimum absolute atomic E-state index is 0.0216. The van der Waals surface area contributed by atoms with Gasteiger partial charge in [-0.05, 0) is 61.8 Å². The minimum Gasteiger partial charge on any atom is -0.481 e. The fraction of sp³-hybridized carbons (Fsp3) is 0.478. The number of rotatable bonds is 28. The van der Waals surface area contributed by atoms with Crippen LogP contribution in [0.3, 0.4) is 0 Å². The van der Waals surface area contributed by atoms with Crippen LogP contribution in [0.2, 0.25) is 0 Å². The van der Waals surface area contributed by atoms with Crippen molar-refractivity contribution in [3.8, 4) is 0 Å². The van der Waals surface area contributed by atoms with Gasteiger partial charge in [-0.15, -0.1) is 0 Å². The van der Waals surface area contributed by atoms with Crippen molar-refractivity contribution in [1.82, 2.24) is 31.9 Å². The van der Waals surface area contributed by atoms with Crippen molar-refractivity contribution >= 4 is 71.2 Å². The van der Waals surface area contributed by atoms with Gasteiger partial charge in [0.2, 0.25) is 29.5 Å². The Morgan fingerprint density at radius 2 is 1.14 bits per heavy atom. The molecule has 0 fully saturated rings. The third-order valence-corrected chi connectivity index (χ3v) is 10.4. The van der Waals surface area contributed by atoms with Gasteiger partial charge in [0.15, 0.2) is 6.10 Å². The van der Waals surface area contributed by atoms with Crippen LogP contribution in [0.5, 0.6) is 0 Å². The first-order valence-corrected chi connectivity index (χ1v) is 22.3. The summed E-state index contributed by atoms with van der Waals surface area (Å²) in [6.07, 6.45) is -3.06. The van der Waals surface area contributed by atoms with E-state index in [9.17, 15) is 78.0 Å².